The van der Waals surface area contributed by atoms with Gasteiger partial charge in [-0.2, -0.15) is 0 Å². The molecule has 0 saturated carbocycles. The van der Waals surface area contributed by atoms with Crippen molar-refractivity contribution in [3.8, 4) is 0 Å². The molecule has 3 N–H and O–H groups in total. The normalized spacial score (nSPS) is 12.8. The molecule has 0 aliphatic rings. The molecule has 0 saturated heterocycles. The molecule has 1 atom stereocenters. The third-order valence-electron chi connectivity index (χ3n) is 4.93. The predicted molar refractivity (Wildman–Crippen MR) is 114 cm³/mol. The van der Waals surface area contributed by atoms with Crippen molar-refractivity contribution in [3.63, 3.8) is 0 Å². The van der Waals surface area contributed by atoms with Gasteiger partial charge in [0.25, 0.3) is 11.8 Å². The van der Waals surface area contributed by atoms with Gasteiger partial charge in [-0.3, -0.25) is 9.59 Å². The highest BCUT2D eigenvalue weighted by atomic mass is 35.5. The predicted octanol–water partition coefficient (Wildman–Crippen LogP) is 3.65. The average Bonchev–Trinajstić information content (AvgIpc) is 2.73. The minimum absolute atomic E-state index is 0.232. The van der Waals surface area contributed by atoms with Crippen LogP contribution in [0.2, 0.25) is 5.02 Å². The van der Waals surface area contributed by atoms with Gasteiger partial charge in [-0.05, 0) is 54.4 Å². The highest BCUT2D eigenvalue weighted by Gasteiger charge is 2.39. The van der Waals surface area contributed by atoms with Gasteiger partial charge in [0.05, 0.1) is 0 Å². The molecule has 0 bridgehead atoms. The van der Waals surface area contributed by atoms with Crippen LogP contribution in [-0.4, -0.2) is 24.0 Å². The number of aliphatic hydroxyl groups is 1. The van der Waals surface area contributed by atoms with Crippen LogP contribution in [0, 0.1) is 6.92 Å². The Kier molecular flexibility index (Phi) is 5.73. The van der Waals surface area contributed by atoms with E-state index in [1.807, 2.05) is 0 Å². The second kappa shape index (κ2) is 8.07. The summed E-state index contributed by atoms with van der Waals surface area (Å²) in [5, 5.41) is 11.8. The summed E-state index contributed by atoms with van der Waals surface area (Å²) < 4.78 is 0. The van der Waals surface area contributed by atoms with Crippen molar-refractivity contribution < 1.29 is 14.7 Å². The fraction of sp³-hybridized carbons (Fsp3) is 0.130. The van der Waals surface area contributed by atoms with Crippen LogP contribution < -0.4 is 10.6 Å². The third-order valence-corrected chi connectivity index (χ3v) is 5.18. The monoisotopic (exact) mass is 408 g/mol. The zero-order valence-electron chi connectivity index (χ0n) is 16.1. The maximum atomic E-state index is 12.9. The molecular weight excluding hydrogens is 388 g/mol. The smallest absolute Gasteiger partial charge is 0.258 e. The van der Waals surface area contributed by atoms with E-state index in [0.717, 1.165) is 0 Å². The van der Waals surface area contributed by atoms with E-state index in [-0.39, 0.29) is 5.91 Å². The minimum atomic E-state index is -1.99. The molecule has 0 fully saturated rings. The van der Waals surface area contributed by atoms with Crippen molar-refractivity contribution in [1.29, 1.82) is 0 Å². The fourth-order valence-corrected chi connectivity index (χ4v) is 3.41. The molecule has 3 aromatic rings. The molecule has 6 heteroatoms. The number of hydrogen-bond acceptors (Lipinski definition) is 3. The summed E-state index contributed by atoms with van der Waals surface area (Å²) >= 11 is 5.91. The van der Waals surface area contributed by atoms with Crippen LogP contribution in [0.25, 0.3) is 0 Å². The Morgan fingerprint density at radius 3 is 2.17 bits per heavy atom. The summed E-state index contributed by atoms with van der Waals surface area (Å²) in [6, 6.07) is 20.2. The van der Waals surface area contributed by atoms with E-state index >= 15 is 0 Å². The number of primary amides is 1. The lowest BCUT2D eigenvalue weighted by atomic mass is 9.82. The fourth-order valence-electron chi connectivity index (χ4n) is 3.29. The Balaban J connectivity index is 1.98. The van der Waals surface area contributed by atoms with Gasteiger partial charge in [-0.15, -0.1) is 0 Å². The third kappa shape index (κ3) is 3.88. The summed E-state index contributed by atoms with van der Waals surface area (Å²) in [4.78, 5) is 26.6. The number of rotatable bonds is 5. The number of carbonyl (C=O) groups excluding carboxylic acids is 2. The zero-order chi connectivity index (χ0) is 21.2. The van der Waals surface area contributed by atoms with Crippen molar-refractivity contribution in [1.82, 2.24) is 0 Å². The highest BCUT2D eigenvalue weighted by molar-refractivity contribution is 6.30. The van der Waals surface area contributed by atoms with Crippen LogP contribution in [0.15, 0.2) is 72.8 Å². The lowest BCUT2D eigenvalue weighted by molar-refractivity contribution is -0.133. The van der Waals surface area contributed by atoms with Gasteiger partial charge in [0.2, 0.25) is 0 Å². The maximum Gasteiger partial charge on any atom is 0.258 e. The first kappa shape index (κ1) is 20.6. The Hall–Kier alpha value is -3.15. The summed E-state index contributed by atoms with van der Waals surface area (Å²) in [5.74, 6) is -1.12. The summed E-state index contributed by atoms with van der Waals surface area (Å²) in [7, 11) is 1.67. The Labute approximate surface area is 174 Å². The zero-order valence-corrected chi connectivity index (χ0v) is 16.9. The van der Waals surface area contributed by atoms with Crippen molar-refractivity contribution in [2.24, 2.45) is 5.73 Å². The second-order valence-electron chi connectivity index (χ2n) is 6.81. The first-order chi connectivity index (χ1) is 13.7. The van der Waals surface area contributed by atoms with Gasteiger partial charge in [0.1, 0.15) is 0 Å². The molecule has 0 aromatic heterocycles. The van der Waals surface area contributed by atoms with Gasteiger partial charge < -0.3 is 15.7 Å². The van der Waals surface area contributed by atoms with Crippen LogP contribution in [0.3, 0.4) is 0 Å². The molecule has 0 radical (unpaired) electrons. The number of amides is 2. The van der Waals surface area contributed by atoms with Crippen molar-refractivity contribution >= 4 is 29.1 Å². The maximum absolute atomic E-state index is 12.9. The number of aryl methyl sites for hydroxylation is 1. The molecule has 0 aliphatic carbocycles. The lowest BCUT2D eigenvalue weighted by Crippen LogP contribution is -2.42. The average molecular weight is 409 g/mol. The molecule has 0 aliphatic heterocycles. The lowest BCUT2D eigenvalue weighted by Gasteiger charge is -2.28. The summed E-state index contributed by atoms with van der Waals surface area (Å²) in [5.41, 5.74) is 5.96. The van der Waals surface area contributed by atoms with Crippen molar-refractivity contribution in [3.05, 3.63) is 100 Å². The van der Waals surface area contributed by atoms with E-state index in [0.29, 0.717) is 33.0 Å². The SMILES string of the molecule is Cc1cc(C(=O)N(C)c2ccc(Cl)cc2)ccc1C(O)(C(N)=O)c1ccccc1. The molecule has 0 heterocycles. The molecule has 5 nitrogen and oxygen atoms in total. The van der Waals surface area contributed by atoms with Crippen LogP contribution in [0.4, 0.5) is 5.69 Å². The van der Waals surface area contributed by atoms with Gasteiger partial charge >= 0.3 is 0 Å². The summed E-state index contributed by atoms with van der Waals surface area (Å²) in [6.45, 7) is 1.73. The van der Waals surface area contributed by atoms with Crippen molar-refractivity contribution in [2.75, 3.05) is 11.9 Å². The Morgan fingerprint density at radius 2 is 1.62 bits per heavy atom. The number of nitrogens with zero attached hydrogens (tertiary/aromatic N) is 1. The molecule has 3 rings (SSSR count). The molecular formula is C23H21ClN2O3. The number of benzene rings is 3. The second-order valence-corrected chi connectivity index (χ2v) is 7.25. The van der Waals surface area contributed by atoms with Gasteiger partial charge in [0, 0.05) is 28.9 Å². The topological polar surface area (TPSA) is 83.6 Å². The number of halogens is 1. The van der Waals surface area contributed by atoms with Crippen LogP contribution >= 0.6 is 11.6 Å². The largest absolute Gasteiger partial charge is 0.372 e. The molecule has 3 aromatic carbocycles. The quantitative estimate of drug-likeness (QED) is 0.675. The van der Waals surface area contributed by atoms with Crippen molar-refractivity contribution in [2.45, 2.75) is 12.5 Å². The van der Waals surface area contributed by atoms with E-state index in [4.69, 9.17) is 17.3 Å². The number of hydrogen-bond donors (Lipinski definition) is 2. The van der Waals surface area contributed by atoms with Crippen LogP contribution in [-0.2, 0) is 10.4 Å². The van der Waals surface area contributed by atoms with E-state index in [2.05, 4.69) is 0 Å². The van der Waals surface area contributed by atoms with Gasteiger partial charge in [-0.25, -0.2) is 0 Å². The van der Waals surface area contributed by atoms with Gasteiger partial charge in [-0.1, -0.05) is 48.0 Å². The molecule has 29 heavy (non-hydrogen) atoms. The molecule has 2 amide bonds. The highest BCUT2D eigenvalue weighted by Crippen LogP contribution is 2.32. The Bertz CT molecular complexity index is 1050. The van der Waals surface area contributed by atoms with Gasteiger partial charge in [0.15, 0.2) is 5.60 Å². The standard InChI is InChI=1S/C23H21ClN2O3/c1-15-14-16(21(27)26(2)19-11-9-18(24)10-12-19)8-13-20(15)23(29,22(25)28)17-6-4-3-5-7-17/h3-14,29H,1-2H3,(H2,25,28). The van der Waals surface area contributed by atoms with E-state index in [1.54, 1.807) is 86.8 Å². The van der Waals surface area contributed by atoms with Crippen LogP contribution in [0.5, 0.6) is 0 Å². The minimum Gasteiger partial charge on any atom is -0.372 e. The van der Waals surface area contributed by atoms with E-state index < -0.39 is 11.5 Å². The molecule has 1 unspecified atom stereocenters. The number of nitrogens with two attached hydrogens (primary N) is 1. The van der Waals surface area contributed by atoms with E-state index in [1.165, 1.54) is 4.90 Å². The first-order valence-electron chi connectivity index (χ1n) is 8.97. The van der Waals surface area contributed by atoms with E-state index in [9.17, 15) is 14.7 Å². The number of anilines is 1. The van der Waals surface area contributed by atoms with Crippen LogP contribution in [0.1, 0.15) is 27.0 Å². The molecule has 0 spiro atoms. The first-order valence-corrected chi connectivity index (χ1v) is 9.35. The number of carbonyl (C=O) groups is 2. The molecule has 148 valence electrons. The summed E-state index contributed by atoms with van der Waals surface area (Å²) in [6.07, 6.45) is 0. The Morgan fingerprint density at radius 1 is 1.00 bits per heavy atom.